The average molecular weight is 385 g/mol. The Morgan fingerprint density at radius 1 is 1.12 bits per heavy atom. The molecule has 0 radical (unpaired) electrons. The Morgan fingerprint density at radius 3 is 2.42 bits per heavy atom. The van der Waals surface area contributed by atoms with E-state index in [4.69, 9.17) is 28.7 Å². The van der Waals surface area contributed by atoms with E-state index in [0.717, 1.165) is 11.1 Å². The van der Waals surface area contributed by atoms with E-state index < -0.39 is 9.84 Å². The van der Waals surface area contributed by atoms with Gasteiger partial charge in [-0.15, -0.1) is 0 Å². The van der Waals surface area contributed by atoms with Gasteiger partial charge in [0, 0.05) is 35.2 Å². The Bertz CT molecular complexity index is 910. The van der Waals surface area contributed by atoms with Crippen LogP contribution in [0.2, 0.25) is 10.0 Å². The summed E-state index contributed by atoms with van der Waals surface area (Å²) in [5, 5.41) is 5.46. The molecule has 0 unspecified atom stereocenters. The van der Waals surface area contributed by atoms with Gasteiger partial charge in [-0.1, -0.05) is 29.3 Å². The summed E-state index contributed by atoms with van der Waals surface area (Å²) >= 11 is 11.9. The molecule has 8 heteroatoms. The van der Waals surface area contributed by atoms with Crippen LogP contribution in [0, 0.1) is 0 Å². The van der Waals surface area contributed by atoms with E-state index in [9.17, 15) is 8.42 Å². The van der Waals surface area contributed by atoms with Gasteiger partial charge in [-0.3, -0.25) is 0 Å². The number of hydrogen-bond acceptors (Lipinski definition) is 4. The van der Waals surface area contributed by atoms with Gasteiger partial charge in [0.1, 0.15) is 10.6 Å². The maximum absolute atomic E-state index is 12.6. The van der Waals surface area contributed by atoms with Crippen molar-refractivity contribution in [3.8, 4) is 0 Å². The molecule has 0 aliphatic carbocycles. The molecule has 2 aromatic carbocycles. The molecule has 2 N–H and O–H groups in total. The van der Waals surface area contributed by atoms with E-state index in [1.807, 2.05) is 14.1 Å². The lowest BCUT2D eigenvalue weighted by Gasteiger charge is -2.13. The van der Waals surface area contributed by atoms with Crippen molar-refractivity contribution in [1.29, 1.82) is 0 Å². The van der Waals surface area contributed by atoms with Gasteiger partial charge in [0.05, 0.1) is 0 Å². The fraction of sp³-hybridized carbons (Fsp3) is 0.125. The predicted molar refractivity (Wildman–Crippen MR) is 97.5 cm³/mol. The van der Waals surface area contributed by atoms with Crippen LogP contribution in [0.1, 0.15) is 5.56 Å². The molecular weight excluding hydrogens is 369 g/mol. The first kappa shape index (κ1) is 18.4. The van der Waals surface area contributed by atoms with Gasteiger partial charge in [0.2, 0.25) is 9.84 Å². The standard InChI is InChI=1S/C16H15Cl2N3O2S/c1-21(2)13-5-6-15(20-19)16(10-13)24(22,23)8-7-11-3-4-12(17)9-14(11)18/h3-10,19H,1-2H3/p+1/b8-7+,20-19?. The molecule has 0 saturated carbocycles. The second-order valence-corrected chi connectivity index (χ2v) is 7.83. The Balaban J connectivity index is 2.48. The van der Waals surface area contributed by atoms with E-state index in [1.165, 1.54) is 12.1 Å². The molecule has 0 aliphatic heterocycles. The molecule has 24 heavy (non-hydrogen) atoms. The molecule has 0 amide bonds. The first-order valence-corrected chi connectivity index (χ1v) is 9.15. The molecule has 5 nitrogen and oxygen atoms in total. The lowest BCUT2D eigenvalue weighted by molar-refractivity contribution is -0.210. The van der Waals surface area contributed by atoms with Crippen molar-refractivity contribution in [2.75, 3.05) is 19.0 Å². The molecule has 2 aromatic rings. The van der Waals surface area contributed by atoms with Crippen molar-refractivity contribution in [3.05, 3.63) is 57.4 Å². The normalized spacial score (nSPS) is 11.7. The third-order valence-corrected chi connectivity index (χ3v) is 5.29. The summed E-state index contributed by atoms with van der Waals surface area (Å²) in [6.45, 7) is 0. The van der Waals surface area contributed by atoms with Gasteiger partial charge in [-0.2, -0.15) is 5.53 Å². The number of benzene rings is 2. The summed E-state index contributed by atoms with van der Waals surface area (Å²) in [6, 6.07) is 9.64. The Labute approximate surface area is 150 Å². The second kappa shape index (κ2) is 7.34. The molecule has 0 bridgehead atoms. The van der Waals surface area contributed by atoms with Crippen LogP contribution >= 0.6 is 23.2 Å². The number of nitrogens with two attached hydrogens (primary N) is 1. The molecule has 0 aliphatic rings. The number of rotatable bonds is 5. The first-order chi connectivity index (χ1) is 11.2. The molecule has 126 valence electrons. The van der Waals surface area contributed by atoms with Crippen molar-refractivity contribution < 1.29 is 13.9 Å². The van der Waals surface area contributed by atoms with Crippen molar-refractivity contribution >= 4 is 50.5 Å². The van der Waals surface area contributed by atoms with Crippen LogP contribution in [0.4, 0.5) is 11.4 Å². The van der Waals surface area contributed by atoms with E-state index in [1.54, 1.807) is 35.2 Å². The minimum atomic E-state index is -3.76. The summed E-state index contributed by atoms with van der Waals surface area (Å²) in [5.74, 6) is 0. The highest BCUT2D eigenvalue weighted by Crippen LogP contribution is 2.30. The molecular formula is C16H16Cl2N3O2S+. The van der Waals surface area contributed by atoms with Crippen LogP contribution < -0.4 is 10.4 Å². The van der Waals surface area contributed by atoms with E-state index in [0.29, 0.717) is 15.6 Å². The number of anilines is 1. The Kier molecular flexibility index (Phi) is 5.64. The third-order valence-electron chi connectivity index (χ3n) is 3.29. The SMILES string of the molecule is CN(C)c1ccc(N=[NH2+])c(S(=O)(=O)/C=C/c2ccc(Cl)cc2Cl)c1. The average Bonchev–Trinajstić information content (AvgIpc) is 2.53. The highest BCUT2D eigenvalue weighted by Gasteiger charge is 2.18. The smallest absolute Gasteiger partial charge is 0.202 e. The molecule has 0 fully saturated rings. The first-order valence-electron chi connectivity index (χ1n) is 6.85. The minimum absolute atomic E-state index is 0.0255. The molecule has 0 spiro atoms. The predicted octanol–water partition coefficient (Wildman–Crippen LogP) is 3.35. The minimum Gasteiger partial charge on any atom is -0.378 e. The fourth-order valence-corrected chi connectivity index (χ4v) is 3.63. The van der Waals surface area contributed by atoms with Crippen molar-refractivity contribution in [2.24, 2.45) is 5.11 Å². The summed E-state index contributed by atoms with van der Waals surface area (Å²) in [5.41, 5.74) is 6.76. The molecule has 0 heterocycles. The summed E-state index contributed by atoms with van der Waals surface area (Å²) in [4.78, 5) is 1.82. The van der Waals surface area contributed by atoms with Crippen LogP contribution in [-0.4, -0.2) is 22.5 Å². The van der Waals surface area contributed by atoms with Crippen molar-refractivity contribution in [3.63, 3.8) is 0 Å². The zero-order valence-electron chi connectivity index (χ0n) is 13.1. The number of halogens is 2. The topological polar surface area (TPSA) is 75.3 Å². The van der Waals surface area contributed by atoms with Crippen LogP contribution in [-0.2, 0) is 9.84 Å². The summed E-state index contributed by atoms with van der Waals surface area (Å²) in [6.07, 6.45) is 1.41. The summed E-state index contributed by atoms with van der Waals surface area (Å²) < 4.78 is 25.3. The maximum Gasteiger partial charge on any atom is 0.202 e. The van der Waals surface area contributed by atoms with Crippen LogP contribution in [0.5, 0.6) is 0 Å². The quantitative estimate of drug-likeness (QED) is 0.802. The third kappa shape index (κ3) is 4.14. The number of sulfone groups is 1. The van der Waals surface area contributed by atoms with Gasteiger partial charge >= 0.3 is 0 Å². The molecule has 0 saturated heterocycles. The maximum atomic E-state index is 12.6. The highest BCUT2D eigenvalue weighted by atomic mass is 35.5. The second-order valence-electron chi connectivity index (χ2n) is 5.19. The Hall–Kier alpha value is -1.89. The van der Waals surface area contributed by atoms with Gasteiger partial charge in [0.15, 0.2) is 0 Å². The van der Waals surface area contributed by atoms with Crippen LogP contribution in [0.25, 0.3) is 6.08 Å². The van der Waals surface area contributed by atoms with Crippen molar-refractivity contribution in [2.45, 2.75) is 4.90 Å². The van der Waals surface area contributed by atoms with Gasteiger partial charge in [0.25, 0.3) is 0 Å². The van der Waals surface area contributed by atoms with E-state index >= 15 is 0 Å². The van der Waals surface area contributed by atoms with Crippen molar-refractivity contribution in [1.82, 2.24) is 0 Å². The Morgan fingerprint density at radius 2 is 1.83 bits per heavy atom. The van der Waals surface area contributed by atoms with Gasteiger partial charge in [-0.25, -0.2) is 8.42 Å². The lowest BCUT2D eigenvalue weighted by atomic mass is 10.2. The monoisotopic (exact) mass is 384 g/mol. The van der Waals surface area contributed by atoms with Crippen LogP contribution in [0.15, 0.2) is 51.8 Å². The van der Waals surface area contributed by atoms with E-state index in [-0.39, 0.29) is 10.6 Å². The molecule has 2 rings (SSSR count). The largest absolute Gasteiger partial charge is 0.378 e. The van der Waals surface area contributed by atoms with Gasteiger partial charge in [-0.05, 0) is 47.1 Å². The zero-order valence-corrected chi connectivity index (χ0v) is 15.4. The number of nitrogens with zero attached hydrogens (tertiary/aromatic N) is 2. The number of hydrogen-bond donors (Lipinski definition) is 1. The zero-order chi connectivity index (χ0) is 17.9. The fourth-order valence-electron chi connectivity index (χ4n) is 1.99. The molecule has 0 atom stereocenters. The van der Waals surface area contributed by atoms with Crippen LogP contribution in [0.3, 0.4) is 0 Å². The summed E-state index contributed by atoms with van der Waals surface area (Å²) in [7, 11) is -0.129. The highest BCUT2D eigenvalue weighted by molar-refractivity contribution is 7.94. The lowest BCUT2D eigenvalue weighted by Crippen LogP contribution is -2.22. The van der Waals surface area contributed by atoms with Gasteiger partial charge < -0.3 is 4.90 Å². The van der Waals surface area contributed by atoms with E-state index in [2.05, 4.69) is 5.11 Å². The molecule has 0 aromatic heterocycles.